The van der Waals surface area contributed by atoms with E-state index in [0.29, 0.717) is 27.6 Å². The van der Waals surface area contributed by atoms with Gasteiger partial charge in [-0.15, -0.1) is 11.8 Å². The van der Waals surface area contributed by atoms with Gasteiger partial charge in [-0.05, 0) is 55.5 Å². The van der Waals surface area contributed by atoms with Crippen LogP contribution in [0, 0.1) is 0 Å². The fraction of sp³-hybridized carbons (Fsp3) is 0.200. The topological polar surface area (TPSA) is 76.7 Å². The largest absolute Gasteiger partial charge is 0.493 e. The molecule has 6 nitrogen and oxygen atoms in total. The molecule has 0 fully saturated rings. The first-order valence-electron chi connectivity index (χ1n) is 10.4. The van der Waals surface area contributed by atoms with E-state index >= 15 is 0 Å². The molecule has 0 heterocycles. The summed E-state index contributed by atoms with van der Waals surface area (Å²) in [6.07, 6.45) is -4.58. The first kappa shape index (κ1) is 26.0. The molecule has 0 aliphatic carbocycles. The number of carbonyl (C=O) groups excluding carboxylic acids is 2. The van der Waals surface area contributed by atoms with E-state index in [4.69, 9.17) is 9.47 Å². The SMILES string of the molecule is COc1ccc(C(=O)Nc2cccc(SC(C)C(=O)Nc3ccccc3C(F)(F)F)c2)cc1OC. The summed E-state index contributed by atoms with van der Waals surface area (Å²) in [5.41, 5.74) is -0.361. The van der Waals surface area contributed by atoms with E-state index in [0.717, 1.165) is 17.8 Å². The number of benzene rings is 3. The van der Waals surface area contributed by atoms with Crippen LogP contribution in [0.4, 0.5) is 24.5 Å². The molecule has 0 bridgehead atoms. The summed E-state index contributed by atoms with van der Waals surface area (Å²) in [7, 11) is 2.97. The number of amides is 2. The summed E-state index contributed by atoms with van der Waals surface area (Å²) < 4.78 is 50.0. The number of methoxy groups -OCH3 is 2. The molecule has 10 heteroatoms. The molecule has 3 aromatic carbocycles. The Hall–Kier alpha value is -3.66. The predicted octanol–water partition coefficient (Wildman–Crippen LogP) is 6.09. The summed E-state index contributed by atoms with van der Waals surface area (Å²) in [6.45, 7) is 1.59. The summed E-state index contributed by atoms with van der Waals surface area (Å²) in [5, 5.41) is 4.43. The van der Waals surface area contributed by atoms with Crippen molar-refractivity contribution in [2.24, 2.45) is 0 Å². The zero-order valence-corrected chi connectivity index (χ0v) is 19.9. The van der Waals surface area contributed by atoms with E-state index in [1.165, 1.54) is 32.4 Å². The minimum atomic E-state index is -4.58. The van der Waals surface area contributed by atoms with E-state index in [9.17, 15) is 22.8 Å². The van der Waals surface area contributed by atoms with E-state index in [1.807, 2.05) is 0 Å². The first-order valence-corrected chi connectivity index (χ1v) is 11.3. The zero-order chi connectivity index (χ0) is 25.6. The molecule has 0 spiro atoms. The molecule has 2 amide bonds. The van der Waals surface area contributed by atoms with Gasteiger partial charge < -0.3 is 20.1 Å². The third kappa shape index (κ3) is 6.69. The number of alkyl halides is 3. The van der Waals surface area contributed by atoms with Gasteiger partial charge in [-0.3, -0.25) is 9.59 Å². The molecule has 1 atom stereocenters. The smallest absolute Gasteiger partial charge is 0.418 e. The molecule has 3 aromatic rings. The predicted molar refractivity (Wildman–Crippen MR) is 129 cm³/mol. The highest BCUT2D eigenvalue weighted by molar-refractivity contribution is 8.00. The summed E-state index contributed by atoms with van der Waals surface area (Å²) >= 11 is 1.15. The van der Waals surface area contributed by atoms with Crippen LogP contribution in [0.25, 0.3) is 0 Å². The molecule has 0 saturated carbocycles. The summed E-state index contributed by atoms with van der Waals surface area (Å²) in [4.78, 5) is 25.9. The lowest BCUT2D eigenvalue weighted by Crippen LogP contribution is -2.24. The number of halogens is 3. The lowest BCUT2D eigenvalue weighted by Gasteiger charge is -2.16. The second-order valence-corrected chi connectivity index (χ2v) is 8.76. The monoisotopic (exact) mass is 504 g/mol. The minimum Gasteiger partial charge on any atom is -0.493 e. The number of ether oxygens (including phenoxy) is 2. The molecule has 0 aliphatic rings. The van der Waals surface area contributed by atoms with Crippen LogP contribution in [-0.4, -0.2) is 31.3 Å². The van der Waals surface area contributed by atoms with Gasteiger partial charge in [0, 0.05) is 16.1 Å². The fourth-order valence-corrected chi connectivity index (χ4v) is 4.09. The van der Waals surface area contributed by atoms with Crippen LogP contribution in [0.3, 0.4) is 0 Å². The van der Waals surface area contributed by atoms with Gasteiger partial charge in [0.2, 0.25) is 5.91 Å². The highest BCUT2D eigenvalue weighted by Gasteiger charge is 2.33. The van der Waals surface area contributed by atoms with Gasteiger partial charge in [-0.25, -0.2) is 0 Å². The first-order chi connectivity index (χ1) is 16.6. The lowest BCUT2D eigenvalue weighted by molar-refractivity contribution is -0.137. The van der Waals surface area contributed by atoms with Crippen molar-refractivity contribution in [3.63, 3.8) is 0 Å². The maximum absolute atomic E-state index is 13.2. The number of nitrogens with one attached hydrogen (secondary N) is 2. The lowest BCUT2D eigenvalue weighted by atomic mass is 10.1. The van der Waals surface area contributed by atoms with E-state index in [-0.39, 0.29) is 11.6 Å². The van der Waals surface area contributed by atoms with Crippen molar-refractivity contribution in [2.75, 3.05) is 24.9 Å². The van der Waals surface area contributed by atoms with Crippen molar-refractivity contribution in [1.82, 2.24) is 0 Å². The van der Waals surface area contributed by atoms with Crippen LogP contribution >= 0.6 is 11.8 Å². The van der Waals surface area contributed by atoms with Gasteiger partial charge in [0.15, 0.2) is 11.5 Å². The Morgan fingerprint density at radius 2 is 1.60 bits per heavy atom. The van der Waals surface area contributed by atoms with Crippen LogP contribution in [0.1, 0.15) is 22.8 Å². The third-order valence-electron chi connectivity index (χ3n) is 4.91. The van der Waals surface area contributed by atoms with Crippen LogP contribution < -0.4 is 20.1 Å². The van der Waals surface area contributed by atoms with Gasteiger partial charge in [-0.1, -0.05) is 18.2 Å². The highest BCUT2D eigenvalue weighted by atomic mass is 32.2. The summed E-state index contributed by atoms with van der Waals surface area (Å²) in [5.74, 6) is -0.0434. The third-order valence-corrected chi connectivity index (χ3v) is 6.00. The number of rotatable bonds is 8. The Bertz CT molecular complexity index is 1220. The minimum absolute atomic E-state index is 0.298. The normalized spacial score (nSPS) is 11.9. The Morgan fingerprint density at radius 3 is 2.29 bits per heavy atom. The standard InChI is InChI=1S/C25H23F3N2O4S/c1-15(23(31)30-20-10-5-4-9-19(20)25(26,27)28)35-18-8-6-7-17(14-18)29-24(32)16-11-12-21(33-2)22(13-16)34-3/h4-15H,1-3H3,(H,29,32)(H,30,31). The second kappa shape index (κ2) is 11.2. The average molecular weight is 505 g/mol. The molecule has 35 heavy (non-hydrogen) atoms. The average Bonchev–Trinajstić information content (AvgIpc) is 2.83. The molecule has 0 radical (unpaired) electrons. The van der Waals surface area contributed by atoms with E-state index in [2.05, 4.69) is 10.6 Å². The van der Waals surface area contributed by atoms with Crippen LogP contribution in [-0.2, 0) is 11.0 Å². The number of anilines is 2. The summed E-state index contributed by atoms with van der Waals surface area (Å²) in [6, 6.07) is 16.4. The van der Waals surface area contributed by atoms with Gasteiger partial charge in [0.05, 0.1) is 30.7 Å². The van der Waals surface area contributed by atoms with Crippen molar-refractivity contribution in [1.29, 1.82) is 0 Å². The van der Waals surface area contributed by atoms with Crippen molar-refractivity contribution >= 4 is 35.0 Å². The van der Waals surface area contributed by atoms with Gasteiger partial charge in [0.1, 0.15) is 0 Å². The molecular formula is C25H23F3N2O4S. The second-order valence-electron chi connectivity index (χ2n) is 7.34. The molecule has 184 valence electrons. The van der Waals surface area contributed by atoms with Gasteiger partial charge in [0.25, 0.3) is 5.91 Å². The quantitative estimate of drug-likeness (QED) is 0.363. The maximum atomic E-state index is 13.2. The molecule has 1 unspecified atom stereocenters. The van der Waals surface area contributed by atoms with E-state index in [1.54, 1.807) is 49.4 Å². The highest BCUT2D eigenvalue weighted by Crippen LogP contribution is 2.35. The van der Waals surface area contributed by atoms with Crippen molar-refractivity contribution in [3.05, 3.63) is 77.9 Å². The van der Waals surface area contributed by atoms with Gasteiger partial charge in [-0.2, -0.15) is 13.2 Å². The van der Waals surface area contributed by atoms with Crippen molar-refractivity contribution in [3.8, 4) is 11.5 Å². The number of hydrogen-bond acceptors (Lipinski definition) is 5. The Kier molecular flexibility index (Phi) is 8.29. The Balaban J connectivity index is 1.67. The molecule has 0 saturated heterocycles. The van der Waals surface area contributed by atoms with Crippen LogP contribution in [0.5, 0.6) is 11.5 Å². The zero-order valence-electron chi connectivity index (χ0n) is 19.1. The maximum Gasteiger partial charge on any atom is 0.418 e. The van der Waals surface area contributed by atoms with Crippen molar-refractivity contribution < 1.29 is 32.2 Å². The van der Waals surface area contributed by atoms with E-state index < -0.39 is 22.9 Å². The fourth-order valence-electron chi connectivity index (χ4n) is 3.16. The number of carbonyl (C=O) groups is 2. The Labute approximate surface area is 204 Å². The molecule has 2 N–H and O–H groups in total. The number of hydrogen-bond donors (Lipinski definition) is 2. The molecule has 3 rings (SSSR count). The number of thioether (sulfide) groups is 1. The van der Waals surface area contributed by atoms with Crippen LogP contribution in [0.2, 0.25) is 0 Å². The van der Waals surface area contributed by atoms with Crippen molar-refractivity contribution in [2.45, 2.75) is 23.2 Å². The Morgan fingerprint density at radius 1 is 0.886 bits per heavy atom. The van der Waals surface area contributed by atoms with Gasteiger partial charge >= 0.3 is 6.18 Å². The van der Waals surface area contributed by atoms with Crippen LogP contribution in [0.15, 0.2) is 71.6 Å². The molecule has 0 aliphatic heterocycles. The number of para-hydroxylation sites is 1. The molecule has 0 aromatic heterocycles. The molecular weight excluding hydrogens is 481 g/mol.